The van der Waals surface area contributed by atoms with Crippen LogP contribution in [0.4, 0.5) is 0 Å². The van der Waals surface area contributed by atoms with Crippen molar-refractivity contribution in [3.8, 4) is 0 Å². The average molecular weight is 272 g/mol. The highest BCUT2D eigenvalue weighted by Crippen LogP contribution is 2.29. The average Bonchev–Trinajstić information content (AvgIpc) is 2.79. The van der Waals surface area contributed by atoms with E-state index in [0.717, 1.165) is 30.4 Å². The number of benzene rings is 1. The number of furan rings is 1. The minimum absolute atomic E-state index is 0.547. The molecule has 3 heteroatoms. The molecule has 2 atom stereocenters. The standard InChI is InChI=1S/C17H24N2O/c1-12-7-8-19(13(2)9-12)11-17-15(10-18)14-5-3-4-6-16(14)20-17/h3-6,12-13H,7-11,18H2,1-2H3. The Kier molecular flexibility index (Phi) is 3.81. The molecular formula is C17H24N2O. The van der Waals surface area contributed by atoms with Crippen molar-refractivity contribution >= 4 is 11.0 Å². The summed E-state index contributed by atoms with van der Waals surface area (Å²) >= 11 is 0. The lowest BCUT2D eigenvalue weighted by Gasteiger charge is -2.36. The van der Waals surface area contributed by atoms with Crippen LogP contribution >= 0.6 is 0 Å². The molecule has 1 fully saturated rings. The zero-order valence-corrected chi connectivity index (χ0v) is 12.4. The fraction of sp³-hybridized carbons (Fsp3) is 0.529. The van der Waals surface area contributed by atoms with Gasteiger partial charge in [0.2, 0.25) is 0 Å². The monoisotopic (exact) mass is 272 g/mol. The topological polar surface area (TPSA) is 42.4 Å². The number of para-hydroxylation sites is 1. The van der Waals surface area contributed by atoms with Crippen LogP contribution in [0.3, 0.4) is 0 Å². The highest BCUT2D eigenvalue weighted by Gasteiger charge is 2.25. The van der Waals surface area contributed by atoms with Gasteiger partial charge in [-0.1, -0.05) is 25.1 Å². The number of piperidine rings is 1. The Morgan fingerprint density at radius 1 is 1.30 bits per heavy atom. The molecule has 108 valence electrons. The lowest BCUT2D eigenvalue weighted by molar-refractivity contribution is 0.114. The molecule has 2 N–H and O–H groups in total. The van der Waals surface area contributed by atoms with E-state index >= 15 is 0 Å². The molecule has 1 aromatic carbocycles. The first-order valence-corrected chi connectivity index (χ1v) is 7.62. The van der Waals surface area contributed by atoms with Crippen LogP contribution in [0.2, 0.25) is 0 Å². The van der Waals surface area contributed by atoms with Crippen molar-refractivity contribution in [3.63, 3.8) is 0 Å². The van der Waals surface area contributed by atoms with Gasteiger partial charge in [0.25, 0.3) is 0 Å². The Hall–Kier alpha value is -1.32. The van der Waals surface area contributed by atoms with E-state index in [-0.39, 0.29) is 0 Å². The summed E-state index contributed by atoms with van der Waals surface area (Å²) in [6, 6.07) is 8.82. The van der Waals surface area contributed by atoms with Gasteiger partial charge in [0.1, 0.15) is 11.3 Å². The van der Waals surface area contributed by atoms with Gasteiger partial charge in [0, 0.05) is 23.5 Å². The third kappa shape index (κ3) is 2.48. The molecule has 20 heavy (non-hydrogen) atoms. The molecule has 0 amide bonds. The maximum absolute atomic E-state index is 6.05. The third-order valence-corrected chi connectivity index (χ3v) is 4.61. The number of nitrogens with two attached hydrogens (primary N) is 1. The van der Waals surface area contributed by atoms with E-state index in [1.54, 1.807) is 0 Å². The van der Waals surface area contributed by atoms with E-state index in [1.165, 1.54) is 23.8 Å². The molecule has 1 aliphatic rings. The number of likely N-dealkylation sites (tertiary alicyclic amines) is 1. The van der Waals surface area contributed by atoms with Gasteiger partial charge < -0.3 is 10.2 Å². The van der Waals surface area contributed by atoms with Crippen molar-refractivity contribution in [2.24, 2.45) is 11.7 Å². The van der Waals surface area contributed by atoms with Crippen LogP contribution in [0.5, 0.6) is 0 Å². The van der Waals surface area contributed by atoms with Crippen LogP contribution in [-0.4, -0.2) is 17.5 Å². The summed E-state index contributed by atoms with van der Waals surface area (Å²) in [6.45, 7) is 7.25. The van der Waals surface area contributed by atoms with E-state index in [0.29, 0.717) is 12.6 Å². The van der Waals surface area contributed by atoms with Crippen molar-refractivity contribution in [1.29, 1.82) is 0 Å². The van der Waals surface area contributed by atoms with Crippen LogP contribution in [0, 0.1) is 5.92 Å². The van der Waals surface area contributed by atoms with E-state index in [2.05, 4.69) is 24.8 Å². The molecule has 0 spiro atoms. The minimum atomic E-state index is 0.547. The molecule has 2 heterocycles. The highest BCUT2D eigenvalue weighted by molar-refractivity contribution is 5.82. The second-order valence-electron chi connectivity index (χ2n) is 6.15. The van der Waals surface area contributed by atoms with Crippen LogP contribution in [0.1, 0.15) is 38.0 Å². The molecular weight excluding hydrogens is 248 g/mol. The second-order valence-corrected chi connectivity index (χ2v) is 6.15. The first kappa shape index (κ1) is 13.7. The Labute approximate surface area is 120 Å². The number of rotatable bonds is 3. The largest absolute Gasteiger partial charge is 0.459 e. The maximum Gasteiger partial charge on any atom is 0.134 e. The van der Waals surface area contributed by atoms with Gasteiger partial charge in [-0.25, -0.2) is 0 Å². The predicted octanol–water partition coefficient (Wildman–Crippen LogP) is 3.51. The van der Waals surface area contributed by atoms with Crippen molar-refractivity contribution in [1.82, 2.24) is 4.90 Å². The fourth-order valence-corrected chi connectivity index (χ4v) is 3.38. The van der Waals surface area contributed by atoms with Gasteiger partial charge >= 0.3 is 0 Å². The summed E-state index contributed by atoms with van der Waals surface area (Å²) in [5, 5.41) is 1.17. The molecule has 3 nitrogen and oxygen atoms in total. The molecule has 0 saturated carbocycles. The van der Waals surface area contributed by atoms with Crippen molar-refractivity contribution in [2.75, 3.05) is 6.54 Å². The van der Waals surface area contributed by atoms with Gasteiger partial charge in [-0.2, -0.15) is 0 Å². The molecule has 2 aromatic rings. The highest BCUT2D eigenvalue weighted by atomic mass is 16.3. The van der Waals surface area contributed by atoms with Crippen LogP contribution in [-0.2, 0) is 13.1 Å². The first-order valence-electron chi connectivity index (χ1n) is 7.62. The van der Waals surface area contributed by atoms with Crippen LogP contribution < -0.4 is 5.73 Å². The first-order chi connectivity index (χ1) is 9.69. The lowest BCUT2D eigenvalue weighted by Crippen LogP contribution is -2.39. The molecule has 1 aromatic heterocycles. The number of fused-ring (bicyclic) bond motifs is 1. The summed E-state index contributed by atoms with van der Waals surface area (Å²) in [4.78, 5) is 2.52. The summed E-state index contributed by atoms with van der Waals surface area (Å²) in [6.07, 6.45) is 2.56. The fourth-order valence-electron chi connectivity index (χ4n) is 3.38. The van der Waals surface area contributed by atoms with Gasteiger partial charge in [0.15, 0.2) is 0 Å². The zero-order chi connectivity index (χ0) is 14.1. The lowest BCUT2D eigenvalue weighted by atomic mass is 9.93. The van der Waals surface area contributed by atoms with Gasteiger partial charge in [-0.05, 0) is 38.3 Å². The van der Waals surface area contributed by atoms with E-state index in [9.17, 15) is 0 Å². The van der Waals surface area contributed by atoms with Crippen LogP contribution in [0.25, 0.3) is 11.0 Å². The molecule has 3 rings (SSSR count). The van der Waals surface area contributed by atoms with Crippen molar-refractivity contribution in [3.05, 3.63) is 35.6 Å². The molecule has 0 bridgehead atoms. The Balaban J connectivity index is 1.87. The molecule has 2 unspecified atom stereocenters. The van der Waals surface area contributed by atoms with Gasteiger partial charge in [-0.3, -0.25) is 4.90 Å². The Morgan fingerprint density at radius 2 is 2.10 bits per heavy atom. The summed E-state index contributed by atoms with van der Waals surface area (Å²) in [5.41, 5.74) is 8.08. The maximum atomic E-state index is 6.05. The van der Waals surface area contributed by atoms with Gasteiger partial charge in [-0.15, -0.1) is 0 Å². The van der Waals surface area contributed by atoms with E-state index in [1.807, 2.05) is 18.2 Å². The summed E-state index contributed by atoms with van der Waals surface area (Å²) in [7, 11) is 0. The third-order valence-electron chi connectivity index (χ3n) is 4.61. The number of hydrogen-bond acceptors (Lipinski definition) is 3. The smallest absolute Gasteiger partial charge is 0.134 e. The molecule has 1 aliphatic heterocycles. The zero-order valence-electron chi connectivity index (χ0n) is 12.4. The van der Waals surface area contributed by atoms with Crippen LogP contribution in [0.15, 0.2) is 28.7 Å². The van der Waals surface area contributed by atoms with Crippen molar-refractivity contribution < 1.29 is 4.42 Å². The van der Waals surface area contributed by atoms with Crippen molar-refractivity contribution in [2.45, 2.75) is 45.8 Å². The summed E-state index contributed by atoms with van der Waals surface area (Å²) in [5.74, 6) is 1.89. The summed E-state index contributed by atoms with van der Waals surface area (Å²) < 4.78 is 6.05. The number of nitrogens with zero attached hydrogens (tertiary/aromatic N) is 1. The predicted molar refractivity (Wildman–Crippen MR) is 82.4 cm³/mol. The minimum Gasteiger partial charge on any atom is -0.459 e. The van der Waals surface area contributed by atoms with E-state index in [4.69, 9.17) is 10.2 Å². The number of hydrogen-bond donors (Lipinski definition) is 1. The Bertz CT molecular complexity index is 590. The Morgan fingerprint density at radius 3 is 2.85 bits per heavy atom. The second kappa shape index (κ2) is 5.58. The SMILES string of the molecule is CC1CCN(Cc2oc3ccccc3c2CN)C(C)C1. The van der Waals surface area contributed by atoms with E-state index < -0.39 is 0 Å². The normalized spacial score (nSPS) is 24.4. The quantitative estimate of drug-likeness (QED) is 0.929. The van der Waals surface area contributed by atoms with Gasteiger partial charge in [0.05, 0.1) is 6.54 Å². The molecule has 0 radical (unpaired) electrons. The molecule has 1 saturated heterocycles. The molecule has 0 aliphatic carbocycles.